The minimum atomic E-state index is -0.352. The third-order valence-corrected chi connectivity index (χ3v) is 4.68. The summed E-state index contributed by atoms with van der Waals surface area (Å²) in [5.41, 5.74) is 1.08. The van der Waals surface area contributed by atoms with Crippen LogP contribution in [0.5, 0.6) is 0 Å². The Morgan fingerprint density at radius 1 is 1.35 bits per heavy atom. The smallest absolute Gasteiger partial charge is 0.244 e. The lowest BCUT2D eigenvalue weighted by Crippen LogP contribution is -2.24. The van der Waals surface area contributed by atoms with E-state index in [1.807, 2.05) is 6.92 Å². The van der Waals surface area contributed by atoms with Crippen molar-refractivity contribution < 1.29 is 9.63 Å². The maximum Gasteiger partial charge on any atom is 0.244 e. The molecule has 0 aliphatic carbocycles. The van der Waals surface area contributed by atoms with E-state index in [1.165, 1.54) is 4.88 Å². The highest BCUT2D eigenvalue weighted by atomic mass is 32.1. The van der Waals surface area contributed by atoms with Crippen LogP contribution >= 0.6 is 11.3 Å². The van der Waals surface area contributed by atoms with Crippen LogP contribution in [-0.2, 0) is 6.54 Å². The van der Waals surface area contributed by atoms with Crippen LogP contribution in [0.1, 0.15) is 39.8 Å². The monoisotopic (exact) mass is 294 g/mol. The molecule has 2 atom stereocenters. The van der Waals surface area contributed by atoms with Crippen LogP contribution in [0.25, 0.3) is 0 Å². The minimum Gasteiger partial charge on any atom is -0.392 e. The van der Waals surface area contributed by atoms with Crippen molar-refractivity contribution in [1.82, 2.24) is 20.0 Å². The second-order valence-corrected chi connectivity index (χ2v) is 6.55. The molecule has 3 rings (SSSR count). The Morgan fingerprint density at radius 2 is 2.15 bits per heavy atom. The van der Waals surface area contributed by atoms with Crippen molar-refractivity contribution in [3.63, 3.8) is 0 Å². The quantitative estimate of drug-likeness (QED) is 0.929. The summed E-state index contributed by atoms with van der Waals surface area (Å²) in [7, 11) is 0. The SMILES string of the molecule is Cc1noc([C@H]2C[C@@H](O)CN2Cc2nc(C)c(C)s2)n1. The van der Waals surface area contributed by atoms with Gasteiger partial charge in [0.2, 0.25) is 5.89 Å². The average molecular weight is 294 g/mol. The van der Waals surface area contributed by atoms with E-state index < -0.39 is 0 Å². The van der Waals surface area contributed by atoms with Gasteiger partial charge in [0.15, 0.2) is 5.82 Å². The van der Waals surface area contributed by atoms with Gasteiger partial charge < -0.3 is 9.63 Å². The summed E-state index contributed by atoms with van der Waals surface area (Å²) in [6.07, 6.45) is 0.277. The predicted octanol–water partition coefficient (Wildman–Crippen LogP) is 1.76. The fraction of sp³-hybridized carbons (Fsp3) is 0.615. The van der Waals surface area contributed by atoms with Crippen LogP contribution < -0.4 is 0 Å². The fourth-order valence-corrected chi connectivity index (χ4v) is 3.50. The Kier molecular flexibility index (Phi) is 3.57. The van der Waals surface area contributed by atoms with Gasteiger partial charge in [-0.05, 0) is 27.2 Å². The van der Waals surface area contributed by atoms with E-state index in [1.54, 1.807) is 18.3 Å². The number of aromatic nitrogens is 3. The van der Waals surface area contributed by atoms with Gasteiger partial charge in [0.25, 0.3) is 0 Å². The van der Waals surface area contributed by atoms with Gasteiger partial charge >= 0.3 is 0 Å². The summed E-state index contributed by atoms with van der Waals surface area (Å²) in [6.45, 7) is 7.23. The highest BCUT2D eigenvalue weighted by molar-refractivity contribution is 7.11. The average Bonchev–Trinajstić information content (AvgIpc) is 3.02. The molecule has 0 bridgehead atoms. The molecule has 7 heteroatoms. The molecule has 0 amide bonds. The maximum atomic E-state index is 9.93. The van der Waals surface area contributed by atoms with Crippen molar-refractivity contribution in [2.75, 3.05) is 6.54 Å². The summed E-state index contributed by atoms with van der Waals surface area (Å²) in [5.74, 6) is 1.21. The predicted molar refractivity (Wildman–Crippen MR) is 74.4 cm³/mol. The molecule has 2 aromatic heterocycles. The van der Waals surface area contributed by atoms with E-state index in [2.05, 4.69) is 26.9 Å². The van der Waals surface area contributed by atoms with Gasteiger partial charge in [-0.2, -0.15) is 4.98 Å². The number of aliphatic hydroxyl groups excluding tert-OH is 1. The van der Waals surface area contributed by atoms with Gasteiger partial charge in [0.05, 0.1) is 24.4 Å². The fourth-order valence-electron chi connectivity index (χ4n) is 2.54. The Balaban J connectivity index is 1.79. The number of hydrogen-bond donors (Lipinski definition) is 1. The first-order valence-electron chi connectivity index (χ1n) is 6.68. The summed E-state index contributed by atoms with van der Waals surface area (Å²) in [5, 5.41) is 14.8. The van der Waals surface area contributed by atoms with Crippen molar-refractivity contribution in [2.24, 2.45) is 0 Å². The Morgan fingerprint density at radius 3 is 2.75 bits per heavy atom. The topological polar surface area (TPSA) is 75.3 Å². The molecule has 0 aromatic carbocycles. The number of likely N-dealkylation sites (tertiary alicyclic amines) is 1. The molecule has 1 aliphatic rings. The molecule has 0 spiro atoms. The molecule has 1 fully saturated rings. The maximum absolute atomic E-state index is 9.93. The lowest BCUT2D eigenvalue weighted by atomic mass is 10.2. The molecule has 2 aromatic rings. The summed E-state index contributed by atoms with van der Waals surface area (Å²) < 4.78 is 5.26. The standard InChI is InChI=1S/C13H18N4O2S/c1-7-8(2)20-12(14-7)6-17-5-10(18)4-11(17)13-15-9(3)16-19-13/h10-11,18H,4-6H2,1-3H3/t10-,11-/m1/s1. The molecule has 1 saturated heterocycles. The van der Waals surface area contributed by atoms with Crippen molar-refractivity contribution >= 4 is 11.3 Å². The normalized spacial score (nSPS) is 23.6. The first-order chi connectivity index (χ1) is 9.52. The third-order valence-electron chi connectivity index (χ3n) is 3.62. The second-order valence-electron chi connectivity index (χ2n) is 5.26. The summed E-state index contributed by atoms with van der Waals surface area (Å²) >= 11 is 1.70. The molecular formula is C13H18N4O2S. The number of β-amino-alcohol motifs (C(OH)–C–C–N with tert-alkyl or cyclic N) is 1. The summed E-state index contributed by atoms with van der Waals surface area (Å²) in [4.78, 5) is 12.3. The van der Waals surface area contributed by atoms with Crippen molar-refractivity contribution in [3.8, 4) is 0 Å². The van der Waals surface area contributed by atoms with Crippen molar-refractivity contribution in [1.29, 1.82) is 0 Å². The van der Waals surface area contributed by atoms with Gasteiger partial charge in [-0.25, -0.2) is 4.98 Å². The first kappa shape index (κ1) is 13.7. The largest absolute Gasteiger partial charge is 0.392 e. The molecule has 0 saturated carbocycles. The van der Waals surface area contributed by atoms with E-state index in [-0.39, 0.29) is 12.1 Å². The van der Waals surface area contributed by atoms with E-state index in [0.29, 0.717) is 31.2 Å². The lowest BCUT2D eigenvalue weighted by molar-refractivity contribution is 0.169. The number of hydrogen-bond acceptors (Lipinski definition) is 7. The lowest BCUT2D eigenvalue weighted by Gasteiger charge is -2.19. The number of nitrogens with zero attached hydrogens (tertiary/aromatic N) is 4. The van der Waals surface area contributed by atoms with Crippen LogP contribution in [0.15, 0.2) is 4.52 Å². The van der Waals surface area contributed by atoms with Gasteiger partial charge in [0, 0.05) is 11.4 Å². The molecular weight excluding hydrogens is 276 g/mol. The number of thiazole rings is 1. The van der Waals surface area contributed by atoms with Gasteiger partial charge in [0.1, 0.15) is 5.01 Å². The minimum absolute atomic E-state index is 0.0179. The third kappa shape index (κ3) is 2.61. The first-order valence-corrected chi connectivity index (χ1v) is 7.50. The van der Waals surface area contributed by atoms with Crippen LogP contribution in [0.3, 0.4) is 0 Å². The molecule has 1 N–H and O–H groups in total. The number of aryl methyl sites for hydroxylation is 3. The van der Waals surface area contributed by atoms with Crippen LogP contribution in [-0.4, -0.2) is 37.8 Å². The zero-order chi connectivity index (χ0) is 14.3. The Bertz CT molecular complexity index is 590. The Labute approximate surface area is 121 Å². The molecule has 3 heterocycles. The van der Waals surface area contributed by atoms with E-state index >= 15 is 0 Å². The van der Waals surface area contributed by atoms with Crippen molar-refractivity contribution in [2.45, 2.75) is 45.9 Å². The van der Waals surface area contributed by atoms with Crippen LogP contribution in [0, 0.1) is 20.8 Å². The van der Waals surface area contributed by atoms with E-state index in [4.69, 9.17) is 4.52 Å². The van der Waals surface area contributed by atoms with Gasteiger partial charge in [-0.15, -0.1) is 11.3 Å². The Hall–Kier alpha value is -1.31. The molecule has 1 aliphatic heterocycles. The van der Waals surface area contributed by atoms with Crippen LogP contribution in [0.4, 0.5) is 0 Å². The molecule has 108 valence electrons. The summed E-state index contributed by atoms with van der Waals surface area (Å²) in [6, 6.07) is -0.0179. The van der Waals surface area contributed by atoms with Gasteiger partial charge in [-0.3, -0.25) is 4.90 Å². The van der Waals surface area contributed by atoms with E-state index in [9.17, 15) is 5.11 Å². The number of rotatable bonds is 3. The zero-order valence-electron chi connectivity index (χ0n) is 11.8. The molecule has 0 unspecified atom stereocenters. The highest BCUT2D eigenvalue weighted by Crippen LogP contribution is 2.33. The van der Waals surface area contributed by atoms with Crippen LogP contribution in [0.2, 0.25) is 0 Å². The van der Waals surface area contributed by atoms with Crippen molar-refractivity contribution in [3.05, 3.63) is 27.3 Å². The second kappa shape index (κ2) is 5.23. The van der Waals surface area contributed by atoms with Gasteiger partial charge in [-0.1, -0.05) is 5.16 Å². The molecule has 0 radical (unpaired) electrons. The number of aliphatic hydroxyl groups is 1. The molecule has 6 nitrogen and oxygen atoms in total. The highest BCUT2D eigenvalue weighted by Gasteiger charge is 2.36. The van der Waals surface area contributed by atoms with E-state index in [0.717, 1.165) is 10.7 Å². The molecule has 20 heavy (non-hydrogen) atoms. The zero-order valence-corrected chi connectivity index (χ0v) is 12.6.